The number of nitrogens with one attached hydrogen (secondary N) is 1. The van der Waals surface area contributed by atoms with Crippen molar-refractivity contribution in [3.05, 3.63) is 47.8 Å². The summed E-state index contributed by atoms with van der Waals surface area (Å²) < 4.78 is 1.80. The van der Waals surface area contributed by atoms with E-state index >= 15 is 0 Å². The maximum absolute atomic E-state index is 8.75. The standard InChI is InChI=1S/C13H18N6O/c14-13(17-20)12-5-2-1-4-11(12)10-15-6-3-8-19-9-7-16-18-19/h1-2,4-5,7,9,15,20H,3,6,8,10H2,(H2,14,17). The Morgan fingerprint density at radius 3 is 3.00 bits per heavy atom. The largest absolute Gasteiger partial charge is 0.409 e. The summed E-state index contributed by atoms with van der Waals surface area (Å²) >= 11 is 0. The number of aromatic nitrogens is 3. The van der Waals surface area contributed by atoms with E-state index < -0.39 is 0 Å². The molecule has 4 N–H and O–H groups in total. The molecule has 0 spiro atoms. The SMILES string of the molecule is N/C(=N/O)c1ccccc1CNCCCn1ccnn1. The molecule has 0 amide bonds. The van der Waals surface area contributed by atoms with Crippen molar-refractivity contribution < 1.29 is 5.21 Å². The van der Waals surface area contributed by atoms with E-state index in [4.69, 9.17) is 10.9 Å². The van der Waals surface area contributed by atoms with Crippen molar-refractivity contribution in [2.75, 3.05) is 6.54 Å². The molecule has 106 valence electrons. The minimum Gasteiger partial charge on any atom is -0.409 e. The van der Waals surface area contributed by atoms with Crippen LogP contribution in [0, 0.1) is 0 Å². The molecule has 7 nitrogen and oxygen atoms in total. The highest BCUT2D eigenvalue weighted by molar-refractivity contribution is 5.98. The number of rotatable bonds is 7. The molecular formula is C13H18N6O. The summed E-state index contributed by atoms with van der Waals surface area (Å²) in [5, 5.41) is 22.8. The van der Waals surface area contributed by atoms with Gasteiger partial charge in [0.2, 0.25) is 0 Å². The molecule has 7 heteroatoms. The Balaban J connectivity index is 1.79. The lowest BCUT2D eigenvalue weighted by molar-refractivity contribution is 0.318. The van der Waals surface area contributed by atoms with Crippen molar-refractivity contribution >= 4 is 5.84 Å². The molecule has 1 aromatic carbocycles. The Morgan fingerprint density at radius 1 is 1.40 bits per heavy atom. The quantitative estimate of drug-likeness (QED) is 0.225. The first-order valence-electron chi connectivity index (χ1n) is 6.42. The smallest absolute Gasteiger partial charge is 0.170 e. The molecule has 0 radical (unpaired) electrons. The van der Waals surface area contributed by atoms with Gasteiger partial charge in [0.25, 0.3) is 0 Å². The van der Waals surface area contributed by atoms with E-state index in [9.17, 15) is 0 Å². The second-order valence-corrected chi connectivity index (χ2v) is 4.34. The zero-order valence-corrected chi connectivity index (χ0v) is 11.1. The van der Waals surface area contributed by atoms with Gasteiger partial charge in [-0.2, -0.15) is 0 Å². The number of nitrogens with zero attached hydrogens (tertiary/aromatic N) is 4. The molecule has 0 saturated carbocycles. The minimum absolute atomic E-state index is 0.130. The van der Waals surface area contributed by atoms with Crippen molar-refractivity contribution in [3.8, 4) is 0 Å². The lowest BCUT2D eigenvalue weighted by atomic mass is 10.1. The molecule has 0 atom stereocenters. The summed E-state index contributed by atoms with van der Waals surface area (Å²) in [6, 6.07) is 7.58. The first kappa shape index (κ1) is 14.0. The maximum Gasteiger partial charge on any atom is 0.170 e. The van der Waals surface area contributed by atoms with E-state index in [0.29, 0.717) is 6.54 Å². The van der Waals surface area contributed by atoms with Gasteiger partial charge in [0, 0.05) is 24.8 Å². The number of nitrogens with two attached hydrogens (primary N) is 1. The monoisotopic (exact) mass is 274 g/mol. The maximum atomic E-state index is 8.75. The average Bonchev–Trinajstić information content (AvgIpc) is 3.00. The normalized spacial score (nSPS) is 11.7. The van der Waals surface area contributed by atoms with Gasteiger partial charge in [-0.25, -0.2) is 0 Å². The Labute approximate surface area is 117 Å². The molecule has 0 bridgehead atoms. The van der Waals surface area contributed by atoms with Gasteiger partial charge >= 0.3 is 0 Å². The molecule has 1 aromatic heterocycles. The first-order valence-corrected chi connectivity index (χ1v) is 6.42. The number of aryl methyl sites for hydroxylation is 1. The van der Waals surface area contributed by atoms with Crippen molar-refractivity contribution in [1.29, 1.82) is 0 Å². The van der Waals surface area contributed by atoms with E-state index in [1.165, 1.54) is 0 Å². The van der Waals surface area contributed by atoms with Gasteiger partial charge in [-0.3, -0.25) is 4.68 Å². The number of hydrogen-bond donors (Lipinski definition) is 3. The number of benzene rings is 1. The third-order valence-corrected chi connectivity index (χ3v) is 2.93. The van der Waals surface area contributed by atoms with Crippen LogP contribution in [0.5, 0.6) is 0 Å². The van der Waals surface area contributed by atoms with Crippen LogP contribution < -0.4 is 11.1 Å². The van der Waals surface area contributed by atoms with Crippen LogP contribution in [0.25, 0.3) is 0 Å². The third kappa shape index (κ3) is 3.79. The Morgan fingerprint density at radius 2 is 2.25 bits per heavy atom. The lowest BCUT2D eigenvalue weighted by Crippen LogP contribution is -2.21. The topological polar surface area (TPSA) is 101 Å². The van der Waals surface area contributed by atoms with Crippen molar-refractivity contribution in [2.24, 2.45) is 10.9 Å². The molecule has 0 saturated heterocycles. The van der Waals surface area contributed by atoms with Gasteiger partial charge in [-0.1, -0.05) is 34.6 Å². The molecule has 0 aliphatic rings. The highest BCUT2D eigenvalue weighted by atomic mass is 16.4. The Hall–Kier alpha value is -2.41. The predicted octanol–water partition coefficient (Wildman–Crippen LogP) is 0.552. The van der Waals surface area contributed by atoms with Gasteiger partial charge in [0.05, 0.1) is 6.20 Å². The zero-order chi connectivity index (χ0) is 14.2. The number of hydrogen-bond acceptors (Lipinski definition) is 5. The van der Waals surface area contributed by atoms with Crippen molar-refractivity contribution in [1.82, 2.24) is 20.3 Å². The number of amidine groups is 1. The second-order valence-electron chi connectivity index (χ2n) is 4.34. The fourth-order valence-electron chi connectivity index (χ4n) is 1.92. The third-order valence-electron chi connectivity index (χ3n) is 2.93. The second kappa shape index (κ2) is 7.25. The van der Waals surface area contributed by atoms with Crippen LogP contribution in [-0.2, 0) is 13.1 Å². The Bertz CT molecular complexity index is 552. The summed E-state index contributed by atoms with van der Waals surface area (Å²) in [4.78, 5) is 0. The van der Waals surface area contributed by atoms with Gasteiger partial charge in [-0.05, 0) is 18.5 Å². The molecule has 20 heavy (non-hydrogen) atoms. The van der Waals surface area contributed by atoms with Crippen LogP contribution in [-0.4, -0.2) is 32.6 Å². The molecule has 0 unspecified atom stereocenters. The molecule has 1 heterocycles. The van der Waals surface area contributed by atoms with Crippen LogP contribution in [0.1, 0.15) is 17.5 Å². The molecule has 0 aliphatic heterocycles. The van der Waals surface area contributed by atoms with Gasteiger partial charge < -0.3 is 16.3 Å². The molecule has 2 aromatic rings. The van der Waals surface area contributed by atoms with Crippen LogP contribution in [0.15, 0.2) is 41.8 Å². The van der Waals surface area contributed by atoms with Crippen molar-refractivity contribution in [2.45, 2.75) is 19.5 Å². The summed E-state index contributed by atoms with van der Waals surface area (Å²) in [7, 11) is 0. The predicted molar refractivity (Wildman–Crippen MR) is 75.3 cm³/mol. The summed E-state index contributed by atoms with van der Waals surface area (Å²) in [5.41, 5.74) is 7.40. The van der Waals surface area contributed by atoms with Crippen LogP contribution in [0.2, 0.25) is 0 Å². The van der Waals surface area contributed by atoms with E-state index in [1.807, 2.05) is 30.5 Å². The summed E-state index contributed by atoms with van der Waals surface area (Å²) in [5.74, 6) is 0.130. The average molecular weight is 274 g/mol. The molecular weight excluding hydrogens is 256 g/mol. The van der Waals surface area contributed by atoms with Crippen LogP contribution in [0.3, 0.4) is 0 Å². The van der Waals surface area contributed by atoms with E-state index in [1.54, 1.807) is 10.9 Å². The summed E-state index contributed by atoms with van der Waals surface area (Å²) in [6.07, 6.45) is 4.46. The summed E-state index contributed by atoms with van der Waals surface area (Å²) in [6.45, 7) is 2.35. The zero-order valence-electron chi connectivity index (χ0n) is 11.1. The minimum atomic E-state index is 0.130. The van der Waals surface area contributed by atoms with Gasteiger partial charge in [0.15, 0.2) is 5.84 Å². The van der Waals surface area contributed by atoms with Gasteiger partial charge in [0.1, 0.15) is 0 Å². The molecule has 0 aliphatic carbocycles. The first-order chi connectivity index (χ1) is 9.81. The van der Waals surface area contributed by atoms with Crippen molar-refractivity contribution in [3.63, 3.8) is 0 Å². The van der Waals surface area contributed by atoms with Gasteiger partial charge in [-0.15, -0.1) is 5.10 Å². The van der Waals surface area contributed by atoms with E-state index in [2.05, 4.69) is 20.8 Å². The fraction of sp³-hybridized carbons (Fsp3) is 0.308. The Kier molecular flexibility index (Phi) is 5.08. The fourth-order valence-corrected chi connectivity index (χ4v) is 1.92. The molecule has 2 rings (SSSR count). The highest BCUT2D eigenvalue weighted by Crippen LogP contribution is 2.08. The number of oxime groups is 1. The lowest BCUT2D eigenvalue weighted by Gasteiger charge is -2.09. The van der Waals surface area contributed by atoms with Crippen LogP contribution >= 0.6 is 0 Å². The van der Waals surface area contributed by atoms with E-state index in [-0.39, 0.29) is 5.84 Å². The van der Waals surface area contributed by atoms with Crippen LogP contribution in [0.4, 0.5) is 0 Å². The highest BCUT2D eigenvalue weighted by Gasteiger charge is 2.05. The molecule has 0 fully saturated rings. The van der Waals surface area contributed by atoms with E-state index in [0.717, 1.165) is 30.6 Å².